The monoisotopic (exact) mass is 270 g/mol. The molecule has 106 valence electrons. The van der Waals surface area contributed by atoms with Crippen molar-refractivity contribution >= 4 is 5.97 Å². The number of carbonyl (C=O) groups is 1. The smallest absolute Gasteiger partial charge is 0.315 e. The summed E-state index contributed by atoms with van der Waals surface area (Å²) in [6.45, 7) is -0.370. The Hall–Kier alpha value is -1.95. The van der Waals surface area contributed by atoms with E-state index < -0.39 is 11.9 Å². The Labute approximate surface area is 111 Å². The van der Waals surface area contributed by atoms with Crippen molar-refractivity contribution in [2.24, 2.45) is 0 Å². The van der Waals surface area contributed by atoms with Gasteiger partial charge in [0.1, 0.15) is 5.92 Å². The molecule has 0 aliphatic carbocycles. The first-order chi connectivity index (χ1) is 9.12. The Bertz CT molecular complexity index is 418. The third kappa shape index (κ3) is 3.08. The van der Waals surface area contributed by atoms with Gasteiger partial charge in [-0.3, -0.25) is 4.79 Å². The molecule has 1 aromatic rings. The number of aliphatic hydroxyl groups is 1. The van der Waals surface area contributed by atoms with Crippen LogP contribution in [0.5, 0.6) is 17.2 Å². The second kappa shape index (κ2) is 6.84. The van der Waals surface area contributed by atoms with E-state index in [1.165, 1.54) is 28.4 Å². The Morgan fingerprint density at radius 3 is 1.95 bits per heavy atom. The van der Waals surface area contributed by atoms with Crippen LogP contribution in [0.1, 0.15) is 11.5 Å². The number of aliphatic hydroxyl groups excluding tert-OH is 1. The van der Waals surface area contributed by atoms with Crippen molar-refractivity contribution in [2.45, 2.75) is 5.92 Å². The van der Waals surface area contributed by atoms with Gasteiger partial charge >= 0.3 is 5.97 Å². The molecule has 0 radical (unpaired) electrons. The quantitative estimate of drug-likeness (QED) is 0.776. The number of ether oxygens (including phenoxy) is 4. The zero-order chi connectivity index (χ0) is 14.4. The first-order valence-electron chi connectivity index (χ1n) is 5.61. The van der Waals surface area contributed by atoms with Crippen molar-refractivity contribution in [3.8, 4) is 17.2 Å². The van der Waals surface area contributed by atoms with Crippen molar-refractivity contribution in [1.29, 1.82) is 0 Å². The predicted molar refractivity (Wildman–Crippen MR) is 67.9 cm³/mol. The van der Waals surface area contributed by atoms with Gasteiger partial charge in [-0.25, -0.2) is 0 Å². The second-order valence-electron chi connectivity index (χ2n) is 3.72. The summed E-state index contributed by atoms with van der Waals surface area (Å²) < 4.78 is 20.2. The summed E-state index contributed by atoms with van der Waals surface area (Å²) in [6.07, 6.45) is 0. The van der Waals surface area contributed by atoms with E-state index in [1.54, 1.807) is 12.1 Å². The minimum atomic E-state index is -0.793. The number of rotatable bonds is 6. The van der Waals surface area contributed by atoms with Crippen LogP contribution in [0.2, 0.25) is 0 Å². The fourth-order valence-electron chi connectivity index (χ4n) is 1.76. The first kappa shape index (κ1) is 15.1. The standard InChI is InChI=1S/C13H18O6/c1-16-10-5-8(9(7-14)13(15)19-4)6-11(17-2)12(10)18-3/h5-6,9,14H,7H2,1-4H3. The van der Waals surface area contributed by atoms with Gasteiger partial charge in [0, 0.05) is 0 Å². The fourth-order valence-corrected chi connectivity index (χ4v) is 1.76. The number of esters is 1. The fraction of sp³-hybridized carbons (Fsp3) is 0.462. The molecule has 0 aliphatic rings. The maximum absolute atomic E-state index is 11.6. The van der Waals surface area contributed by atoms with E-state index >= 15 is 0 Å². The molecule has 0 amide bonds. The highest BCUT2D eigenvalue weighted by Gasteiger charge is 2.24. The second-order valence-corrected chi connectivity index (χ2v) is 3.72. The van der Waals surface area contributed by atoms with Crippen molar-refractivity contribution in [2.75, 3.05) is 35.0 Å². The average Bonchev–Trinajstić information content (AvgIpc) is 2.46. The van der Waals surface area contributed by atoms with Crippen LogP contribution >= 0.6 is 0 Å². The van der Waals surface area contributed by atoms with E-state index in [0.29, 0.717) is 22.8 Å². The van der Waals surface area contributed by atoms with E-state index in [-0.39, 0.29) is 6.61 Å². The van der Waals surface area contributed by atoms with Crippen LogP contribution in [0, 0.1) is 0 Å². The lowest BCUT2D eigenvalue weighted by atomic mass is 9.99. The topological polar surface area (TPSA) is 74.2 Å². The molecular formula is C13H18O6. The van der Waals surface area contributed by atoms with Crippen LogP contribution in [0.3, 0.4) is 0 Å². The molecular weight excluding hydrogens is 252 g/mol. The molecule has 0 heterocycles. The molecule has 0 bridgehead atoms. The highest BCUT2D eigenvalue weighted by atomic mass is 16.5. The highest BCUT2D eigenvalue weighted by Crippen LogP contribution is 2.40. The SMILES string of the molecule is COC(=O)C(CO)c1cc(OC)c(OC)c(OC)c1. The van der Waals surface area contributed by atoms with Gasteiger partial charge in [0.05, 0.1) is 35.0 Å². The van der Waals surface area contributed by atoms with Gasteiger partial charge in [0.2, 0.25) is 5.75 Å². The molecule has 0 aliphatic heterocycles. The summed E-state index contributed by atoms with van der Waals surface area (Å²) in [7, 11) is 5.72. The van der Waals surface area contributed by atoms with Crippen LogP contribution < -0.4 is 14.2 Å². The number of hydrogen-bond acceptors (Lipinski definition) is 6. The van der Waals surface area contributed by atoms with Crippen LogP contribution in [-0.4, -0.2) is 46.1 Å². The Morgan fingerprint density at radius 1 is 1.11 bits per heavy atom. The van der Waals surface area contributed by atoms with Gasteiger partial charge in [-0.2, -0.15) is 0 Å². The van der Waals surface area contributed by atoms with Crippen molar-refractivity contribution in [3.05, 3.63) is 17.7 Å². The number of hydrogen-bond donors (Lipinski definition) is 1. The number of benzene rings is 1. The molecule has 1 N–H and O–H groups in total. The van der Waals surface area contributed by atoms with Crippen molar-refractivity contribution in [3.63, 3.8) is 0 Å². The number of carbonyl (C=O) groups excluding carboxylic acids is 1. The average molecular weight is 270 g/mol. The number of methoxy groups -OCH3 is 4. The van der Waals surface area contributed by atoms with Gasteiger partial charge in [-0.15, -0.1) is 0 Å². The lowest BCUT2D eigenvalue weighted by Crippen LogP contribution is -2.18. The zero-order valence-corrected chi connectivity index (χ0v) is 11.4. The predicted octanol–water partition coefficient (Wildman–Crippen LogP) is 0.961. The van der Waals surface area contributed by atoms with Crippen LogP contribution in [0.25, 0.3) is 0 Å². The van der Waals surface area contributed by atoms with Gasteiger partial charge < -0.3 is 24.1 Å². The Balaban J connectivity index is 3.32. The van der Waals surface area contributed by atoms with Gasteiger partial charge in [0.25, 0.3) is 0 Å². The lowest BCUT2D eigenvalue weighted by Gasteiger charge is -2.17. The molecule has 6 heteroatoms. The third-order valence-corrected chi connectivity index (χ3v) is 2.76. The minimum absolute atomic E-state index is 0.370. The van der Waals surface area contributed by atoms with Gasteiger partial charge in [-0.1, -0.05) is 0 Å². The molecule has 0 aromatic heterocycles. The van der Waals surface area contributed by atoms with Gasteiger partial charge in [-0.05, 0) is 17.7 Å². The summed E-state index contributed by atoms with van der Waals surface area (Å²) in [5.41, 5.74) is 0.531. The molecule has 1 aromatic carbocycles. The Morgan fingerprint density at radius 2 is 1.63 bits per heavy atom. The van der Waals surface area contributed by atoms with E-state index in [2.05, 4.69) is 4.74 Å². The van der Waals surface area contributed by atoms with Crippen molar-refractivity contribution in [1.82, 2.24) is 0 Å². The largest absolute Gasteiger partial charge is 0.493 e. The molecule has 1 unspecified atom stereocenters. The summed E-state index contributed by atoms with van der Waals surface area (Å²) in [6, 6.07) is 3.22. The lowest BCUT2D eigenvalue weighted by molar-refractivity contribution is -0.143. The van der Waals surface area contributed by atoms with E-state index in [0.717, 1.165) is 0 Å². The van der Waals surface area contributed by atoms with E-state index in [9.17, 15) is 9.90 Å². The van der Waals surface area contributed by atoms with Crippen LogP contribution in [0.4, 0.5) is 0 Å². The van der Waals surface area contributed by atoms with Crippen LogP contribution in [0.15, 0.2) is 12.1 Å². The minimum Gasteiger partial charge on any atom is -0.493 e. The van der Waals surface area contributed by atoms with Crippen LogP contribution in [-0.2, 0) is 9.53 Å². The molecule has 1 atom stereocenters. The molecule has 0 spiro atoms. The maximum atomic E-state index is 11.6. The van der Waals surface area contributed by atoms with E-state index in [4.69, 9.17) is 14.2 Å². The Kier molecular flexibility index (Phi) is 5.44. The maximum Gasteiger partial charge on any atom is 0.315 e. The molecule has 6 nitrogen and oxygen atoms in total. The highest BCUT2D eigenvalue weighted by molar-refractivity contribution is 5.79. The zero-order valence-electron chi connectivity index (χ0n) is 11.4. The molecule has 0 saturated heterocycles. The summed E-state index contributed by atoms with van der Waals surface area (Å²) in [5.74, 6) is -0.0656. The summed E-state index contributed by atoms with van der Waals surface area (Å²) in [4.78, 5) is 11.6. The molecule has 19 heavy (non-hydrogen) atoms. The first-order valence-corrected chi connectivity index (χ1v) is 5.61. The third-order valence-electron chi connectivity index (χ3n) is 2.76. The van der Waals surface area contributed by atoms with Crippen molar-refractivity contribution < 1.29 is 28.8 Å². The normalized spacial score (nSPS) is 11.6. The molecule has 0 saturated carbocycles. The van der Waals surface area contributed by atoms with Gasteiger partial charge in [0.15, 0.2) is 11.5 Å². The summed E-state index contributed by atoms with van der Waals surface area (Å²) in [5, 5.41) is 9.32. The van der Waals surface area contributed by atoms with E-state index in [1.807, 2.05) is 0 Å². The molecule has 1 rings (SSSR count). The molecule has 0 fully saturated rings. The summed E-state index contributed by atoms with van der Waals surface area (Å²) >= 11 is 0.